The number of carbonyl (C=O) groups excluding carboxylic acids is 1. The van der Waals surface area contributed by atoms with Crippen LogP contribution in [-0.2, 0) is 9.53 Å². The predicted octanol–water partition coefficient (Wildman–Crippen LogP) is 1.60. The fourth-order valence-electron chi connectivity index (χ4n) is 1.37. The van der Waals surface area contributed by atoms with Crippen molar-refractivity contribution in [3.63, 3.8) is 0 Å². The first-order valence-electron chi connectivity index (χ1n) is 5.77. The molecule has 0 heterocycles. The molecule has 1 amide bonds. The molecule has 0 spiro atoms. The van der Waals surface area contributed by atoms with Crippen molar-refractivity contribution < 1.29 is 9.53 Å². The highest BCUT2D eigenvalue weighted by molar-refractivity contribution is 5.79. The maximum absolute atomic E-state index is 11.1. The summed E-state index contributed by atoms with van der Waals surface area (Å²) < 4.78 is 5.45. The van der Waals surface area contributed by atoms with Crippen LogP contribution in [0.25, 0.3) is 0 Å². The minimum atomic E-state index is -0.453. The Kier molecular flexibility index (Phi) is 8.33. The number of nitrogens with two attached hydrogens (primary N) is 1. The molecule has 0 aromatic heterocycles. The SMILES string of the molecule is CCCCC(CC)COC(C)C(=O)NN. The Labute approximate surface area is 92.5 Å². The Morgan fingerprint density at radius 1 is 1.47 bits per heavy atom. The van der Waals surface area contributed by atoms with E-state index in [1.54, 1.807) is 6.92 Å². The molecule has 0 aliphatic heterocycles. The highest BCUT2D eigenvalue weighted by Gasteiger charge is 2.14. The van der Waals surface area contributed by atoms with Crippen molar-refractivity contribution in [2.24, 2.45) is 11.8 Å². The number of amides is 1. The van der Waals surface area contributed by atoms with E-state index in [-0.39, 0.29) is 5.91 Å². The summed E-state index contributed by atoms with van der Waals surface area (Å²) in [5.41, 5.74) is 2.09. The van der Waals surface area contributed by atoms with Gasteiger partial charge in [0.25, 0.3) is 5.91 Å². The quantitative estimate of drug-likeness (QED) is 0.368. The first-order chi connectivity index (χ1) is 7.15. The lowest BCUT2D eigenvalue weighted by Crippen LogP contribution is -2.39. The Morgan fingerprint density at radius 3 is 2.60 bits per heavy atom. The maximum Gasteiger partial charge on any atom is 0.262 e. The number of hydrazine groups is 1. The van der Waals surface area contributed by atoms with Crippen molar-refractivity contribution in [3.8, 4) is 0 Å². The van der Waals surface area contributed by atoms with E-state index in [1.165, 1.54) is 19.3 Å². The first kappa shape index (κ1) is 14.4. The third-order valence-corrected chi connectivity index (χ3v) is 2.64. The Hall–Kier alpha value is -0.610. The molecule has 4 nitrogen and oxygen atoms in total. The first-order valence-corrected chi connectivity index (χ1v) is 5.77. The molecule has 2 atom stereocenters. The zero-order valence-corrected chi connectivity index (χ0v) is 10.1. The van der Waals surface area contributed by atoms with Crippen LogP contribution >= 0.6 is 0 Å². The number of hydrogen-bond acceptors (Lipinski definition) is 3. The van der Waals surface area contributed by atoms with E-state index in [0.29, 0.717) is 12.5 Å². The van der Waals surface area contributed by atoms with Gasteiger partial charge in [-0.1, -0.05) is 33.1 Å². The van der Waals surface area contributed by atoms with Crippen LogP contribution in [0.1, 0.15) is 46.5 Å². The smallest absolute Gasteiger partial charge is 0.262 e. The number of rotatable bonds is 8. The van der Waals surface area contributed by atoms with Gasteiger partial charge in [-0.15, -0.1) is 0 Å². The molecule has 0 bridgehead atoms. The molecule has 0 saturated carbocycles. The maximum atomic E-state index is 11.1. The highest BCUT2D eigenvalue weighted by atomic mass is 16.5. The van der Waals surface area contributed by atoms with Gasteiger partial charge in [0.1, 0.15) is 6.10 Å². The molecule has 0 aliphatic carbocycles. The summed E-state index contributed by atoms with van der Waals surface area (Å²) in [6.07, 6.45) is 4.24. The number of hydrogen-bond donors (Lipinski definition) is 2. The lowest BCUT2D eigenvalue weighted by atomic mass is 10.0. The van der Waals surface area contributed by atoms with Crippen LogP contribution in [0.5, 0.6) is 0 Å². The van der Waals surface area contributed by atoms with Crippen molar-refractivity contribution in [1.29, 1.82) is 0 Å². The molecule has 90 valence electrons. The summed E-state index contributed by atoms with van der Waals surface area (Å²) in [5, 5.41) is 0. The summed E-state index contributed by atoms with van der Waals surface area (Å²) >= 11 is 0. The minimum absolute atomic E-state index is 0.264. The van der Waals surface area contributed by atoms with Gasteiger partial charge < -0.3 is 4.74 Å². The second-order valence-electron chi connectivity index (χ2n) is 3.90. The zero-order chi connectivity index (χ0) is 11.7. The molecule has 4 heteroatoms. The Morgan fingerprint density at radius 2 is 2.13 bits per heavy atom. The molecular weight excluding hydrogens is 192 g/mol. The molecule has 0 aromatic rings. The van der Waals surface area contributed by atoms with Crippen LogP contribution < -0.4 is 11.3 Å². The summed E-state index contributed by atoms with van der Waals surface area (Å²) in [4.78, 5) is 11.1. The van der Waals surface area contributed by atoms with Gasteiger partial charge in [-0.25, -0.2) is 5.84 Å². The van der Waals surface area contributed by atoms with Crippen molar-refractivity contribution in [1.82, 2.24) is 5.43 Å². The van der Waals surface area contributed by atoms with Crippen LogP contribution in [0.3, 0.4) is 0 Å². The van der Waals surface area contributed by atoms with E-state index in [1.807, 2.05) is 0 Å². The molecule has 3 N–H and O–H groups in total. The summed E-state index contributed by atoms with van der Waals surface area (Å²) in [7, 11) is 0. The predicted molar refractivity (Wildman–Crippen MR) is 61.1 cm³/mol. The number of carbonyl (C=O) groups is 1. The highest BCUT2D eigenvalue weighted by Crippen LogP contribution is 2.13. The monoisotopic (exact) mass is 216 g/mol. The third-order valence-electron chi connectivity index (χ3n) is 2.64. The van der Waals surface area contributed by atoms with Gasteiger partial charge in [0.2, 0.25) is 0 Å². The second-order valence-corrected chi connectivity index (χ2v) is 3.90. The van der Waals surface area contributed by atoms with E-state index in [9.17, 15) is 4.79 Å². The summed E-state index contributed by atoms with van der Waals surface area (Å²) in [6.45, 7) is 6.69. The summed E-state index contributed by atoms with van der Waals surface area (Å²) in [5.74, 6) is 5.30. The van der Waals surface area contributed by atoms with Crippen LogP contribution in [0.15, 0.2) is 0 Å². The van der Waals surface area contributed by atoms with Crippen LogP contribution in [0, 0.1) is 5.92 Å². The van der Waals surface area contributed by atoms with Crippen molar-refractivity contribution in [2.75, 3.05) is 6.61 Å². The van der Waals surface area contributed by atoms with Crippen molar-refractivity contribution >= 4 is 5.91 Å². The van der Waals surface area contributed by atoms with Gasteiger partial charge in [0, 0.05) is 0 Å². The number of nitrogens with one attached hydrogen (secondary N) is 1. The molecule has 0 saturated heterocycles. The molecule has 2 unspecified atom stereocenters. The Balaban J connectivity index is 3.74. The van der Waals surface area contributed by atoms with Gasteiger partial charge in [-0.3, -0.25) is 10.2 Å². The third kappa shape index (κ3) is 6.47. The average molecular weight is 216 g/mol. The van der Waals surface area contributed by atoms with E-state index < -0.39 is 6.10 Å². The second kappa shape index (κ2) is 8.68. The molecule has 0 aromatic carbocycles. The average Bonchev–Trinajstić information content (AvgIpc) is 2.27. The lowest BCUT2D eigenvalue weighted by molar-refractivity contribution is -0.132. The van der Waals surface area contributed by atoms with Crippen LogP contribution in [0.4, 0.5) is 0 Å². The molecule has 0 aliphatic rings. The topological polar surface area (TPSA) is 64.3 Å². The van der Waals surface area contributed by atoms with E-state index >= 15 is 0 Å². The Bertz CT molecular complexity index is 174. The van der Waals surface area contributed by atoms with E-state index in [2.05, 4.69) is 19.3 Å². The molecule has 0 rings (SSSR count). The summed E-state index contributed by atoms with van der Waals surface area (Å²) in [6, 6.07) is 0. The van der Waals surface area contributed by atoms with Gasteiger partial charge in [-0.05, 0) is 19.3 Å². The fraction of sp³-hybridized carbons (Fsp3) is 0.909. The molecular formula is C11H24N2O2. The lowest BCUT2D eigenvalue weighted by Gasteiger charge is -2.17. The zero-order valence-electron chi connectivity index (χ0n) is 10.1. The standard InChI is InChI=1S/C11H24N2O2/c1-4-6-7-10(5-2)8-15-9(3)11(14)13-12/h9-10H,4-8,12H2,1-3H3,(H,13,14). The fourth-order valence-corrected chi connectivity index (χ4v) is 1.37. The van der Waals surface area contributed by atoms with Gasteiger partial charge in [0.15, 0.2) is 0 Å². The van der Waals surface area contributed by atoms with E-state index in [0.717, 1.165) is 6.42 Å². The van der Waals surface area contributed by atoms with Crippen molar-refractivity contribution in [2.45, 2.75) is 52.6 Å². The molecule has 0 fully saturated rings. The number of unbranched alkanes of at least 4 members (excludes halogenated alkanes) is 1. The van der Waals surface area contributed by atoms with Crippen LogP contribution in [0.2, 0.25) is 0 Å². The van der Waals surface area contributed by atoms with Gasteiger partial charge in [-0.2, -0.15) is 0 Å². The molecule has 15 heavy (non-hydrogen) atoms. The van der Waals surface area contributed by atoms with Gasteiger partial charge >= 0.3 is 0 Å². The van der Waals surface area contributed by atoms with Crippen LogP contribution in [-0.4, -0.2) is 18.6 Å². The molecule has 0 radical (unpaired) electrons. The minimum Gasteiger partial charge on any atom is -0.368 e. The number of ether oxygens (including phenoxy) is 1. The van der Waals surface area contributed by atoms with Gasteiger partial charge in [0.05, 0.1) is 6.61 Å². The van der Waals surface area contributed by atoms with E-state index in [4.69, 9.17) is 10.6 Å². The largest absolute Gasteiger partial charge is 0.368 e. The normalized spacial score (nSPS) is 14.7. The van der Waals surface area contributed by atoms with Crippen molar-refractivity contribution in [3.05, 3.63) is 0 Å².